The molecule has 75 heavy (non-hydrogen) atoms. The van der Waals surface area contributed by atoms with E-state index in [2.05, 4.69) is 0 Å². The normalized spacial score (nSPS) is 31.4. The Morgan fingerprint density at radius 2 is 1.48 bits per heavy atom. The monoisotopic (exact) mass is 1050 g/mol. The van der Waals surface area contributed by atoms with Crippen molar-refractivity contribution in [1.82, 2.24) is 0 Å². The maximum Gasteiger partial charge on any atom is 0.419 e. The third kappa shape index (κ3) is 9.71. The van der Waals surface area contributed by atoms with Gasteiger partial charge in [0.1, 0.15) is 55.1 Å². The van der Waals surface area contributed by atoms with Gasteiger partial charge in [-0.05, 0) is 59.5 Å². The Hall–Kier alpha value is -6.91. The van der Waals surface area contributed by atoms with Crippen LogP contribution in [0.4, 0.5) is 16.2 Å². The van der Waals surface area contributed by atoms with Gasteiger partial charge in [0.25, 0.3) is 5.69 Å². The maximum absolute atomic E-state index is 14.2. The molecule has 9 unspecified atom stereocenters. The molecule has 4 fully saturated rings. The molecule has 0 saturated carbocycles. The fourth-order valence-corrected chi connectivity index (χ4v) is 10.1. The van der Waals surface area contributed by atoms with Gasteiger partial charge in [-0.1, -0.05) is 30.3 Å². The number of nitro groups is 1. The zero-order valence-corrected chi connectivity index (χ0v) is 40.4. The summed E-state index contributed by atoms with van der Waals surface area (Å²) in [6, 6.07) is 18.1. The van der Waals surface area contributed by atoms with E-state index in [0.29, 0.717) is 33.8 Å². The highest BCUT2D eigenvalue weighted by Gasteiger charge is 2.56. The predicted molar refractivity (Wildman–Crippen MR) is 248 cm³/mol. The Morgan fingerprint density at radius 1 is 0.787 bits per heavy atom. The molecule has 4 saturated heterocycles. The molecule has 25 heteroatoms. The first kappa shape index (κ1) is 51.6. The molecule has 25 nitrogen and oxygen atoms in total. The molecule has 0 spiro atoms. The molecule has 5 heterocycles. The molecule has 5 N–H and O–H groups in total. The van der Waals surface area contributed by atoms with Crippen LogP contribution in [0.3, 0.4) is 0 Å². The van der Waals surface area contributed by atoms with Gasteiger partial charge in [0.2, 0.25) is 18.8 Å². The second-order valence-electron chi connectivity index (χ2n) is 18.4. The lowest BCUT2D eigenvalue weighted by atomic mass is 9.66. The van der Waals surface area contributed by atoms with Crippen molar-refractivity contribution in [2.24, 2.45) is 11.8 Å². The third-order valence-corrected chi connectivity index (χ3v) is 14.0. The van der Waals surface area contributed by atoms with E-state index in [9.17, 15) is 50.0 Å². The van der Waals surface area contributed by atoms with Crippen molar-refractivity contribution in [2.45, 2.75) is 93.3 Å². The molecule has 6 aliphatic rings. The van der Waals surface area contributed by atoms with Crippen LogP contribution in [0.5, 0.6) is 34.5 Å². The van der Waals surface area contributed by atoms with E-state index in [4.69, 9.17) is 61.6 Å². The summed E-state index contributed by atoms with van der Waals surface area (Å²) in [5, 5.41) is 67.0. The summed E-state index contributed by atoms with van der Waals surface area (Å²) < 4.78 is 75.6. The molecule has 4 aromatic carbocycles. The van der Waals surface area contributed by atoms with Crippen molar-refractivity contribution in [1.29, 1.82) is 0 Å². The summed E-state index contributed by atoms with van der Waals surface area (Å²) in [6.07, 6.45) is -18.6. The average Bonchev–Trinajstić information content (AvgIpc) is 4.08. The number of nitrogens with zero attached hydrogens (tertiary/aromatic N) is 2. The number of benzene rings is 4. The van der Waals surface area contributed by atoms with Crippen LogP contribution in [-0.2, 0) is 49.4 Å². The quantitative estimate of drug-likeness (QED) is 0.0727. The Morgan fingerprint density at radius 3 is 2.17 bits per heavy atom. The summed E-state index contributed by atoms with van der Waals surface area (Å²) >= 11 is 0. The highest BCUT2D eigenvalue weighted by Crippen LogP contribution is 2.57. The molecule has 4 aromatic rings. The number of fused-ring (bicyclic) bond motifs is 4. The number of methoxy groups -OCH3 is 2. The minimum absolute atomic E-state index is 0.0527. The molecule has 1 aliphatic carbocycles. The number of nitro benzene ring substituents is 1. The van der Waals surface area contributed by atoms with Gasteiger partial charge < -0.3 is 87.1 Å². The number of cyclic esters (lactones) is 1. The van der Waals surface area contributed by atoms with E-state index < -0.39 is 120 Å². The number of carbonyl (C=O) groups excluding carboxylic acids is 3. The number of amides is 1. The van der Waals surface area contributed by atoms with Crippen LogP contribution in [0.2, 0.25) is 0 Å². The first-order valence-corrected chi connectivity index (χ1v) is 23.7. The number of anilines is 1. The second-order valence-corrected chi connectivity index (χ2v) is 18.4. The molecular formula is C50H52N2O23. The summed E-state index contributed by atoms with van der Waals surface area (Å²) in [6.45, 7) is 1.28. The number of carbonyl (C=O) groups is 3. The fourth-order valence-electron chi connectivity index (χ4n) is 10.1. The SMILES string of the molecule is COc1cc([C@@H]2c3cc4c(cc3C(O[C@@H]3OC5COC(C)O[C@@H]5[C@H](O)C3O)[C@H]3COC(=O)[C@H]23)OCO4)cc(OC)c1OC(=O)N(C)c1cc([N+](=O)[O-])ccc1OC1OC(C(=O)OCc2ccccc2)C(O)C(O)C1O. The van der Waals surface area contributed by atoms with Gasteiger partial charge >= 0.3 is 18.0 Å². The molecular weight excluding hydrogens is 997 g/mol. The fraction of sp³-hybridized carbons (Fsp3) is 0.460. The first-order chi connectivity index (χ1) is 36.0. The lowest BCUT2D eigenvalue weighted by Gasteiger charge is -2.47. The molecule has 1 amide bonds. The second kappa shape index (κ2) is 21.0. The molecule has 10 rings (SSSR count). The van der Waals surface area contributed by atoms with Gasteiger partial charge in [0.15, 0.2) is 41.7 Å². The summed E-state index contributed by atoms with van der Waals surface area (Å²) in [4.78, 5) is 53.5. The third-order valence-electron chi connectivity index (χ3n) is 14.0. The number of ether oxygens (including phenoxy) is 13. The highest BCUT2D eigenvalue weighted by atomic mass is 16.8. The van der Waals surface area contributed by atoms with Crippen LogP contribution in [0.1, 0.15) is 41.2 Å². The van der Waals surface area contributed by atoms with Gasteiger partial charge in [-0.15, -0.1) is 0 Å². The maximum atomic E-state index is 14.2. The minimum Gasteiger partial charge on any atom is -0.493 e. The largest absolute Gasteiger partial charge is 0.493 e. The molecule has 400 valence electrons. The predicted octanol–water partition coefficient (Wildman–Crippen LogP) is 2.11. The Kier molecular flexibility index (Phi) is 14.4. The van der Waals surface area contributed by atoms with E-state index in [1.807, 2.05) is 0 Å². The topological polar surface area (TPSA) is 319 Å². The van der Waals surface area contributed by atoms with Gasteiger partial charge in [-0.25, -0.2) is 9.59 Å². The van der Waals surface area contributed by atoms with Crippen molar-refractivity contribution in [3.05, 3.63) is 105 Å². The molecule has 15 atom stereocenters. The van der Waals surface area contributed by atoms with E-state index in [1.54, 1.807) is 49.4 Å². The number of hydrogen-bond acceptors (Lipinski definition) is 23. The lowest BCUT2D eigenvalue weighted by molar-refractivity contribution is -0.384. The van der Waals surface area contributed by atoms with Crippen LogP contribution in [-0.4, -0.2) is 157 Å². The van der Waals surface area contributed by atoms with E-state index in [-0.39, 0.29) is 55.3 Å². The van der Waals surface area contributed by atoms with Crippen LogP contribution >= 0.6 is 0 Å². The van der Waals surface area contributed by atoms with E-state index >= 15 is 0 Å². The zero-order valence-electron chi connectivity index (χ0n) is 40.4. The number of aliphatic hydroxyl groups excluding tert-OH is 5. The van der Waals surface area contributed by atoms with Gasteiger partial charge in [-0.2, -0.15) is 0 Å². The van der Waals surface area contributed by atoms with E-state index in [1.165, 1.54) is 33.4 Å². The zero-order chi connectivity index (χ0) is 53.0. The molecule has 5 aliphatic heterocycles. The number of rotatable bonds is 13. The first-order valence-electron chi connectivity index (χ1n) is 23.7. The smallest absolute Gasteiger partial charge is 0.419 e. The number of hydrogen-bond donors (Lipinski definition) is 5. The van der Waals surface area contributed by atoms with Crippen LogP contribution in [0, 0.1) is 22.0 Å². The summed E-state index contributed by atoms with van der Waals surface area (Å²) in [5.74, 6) is -4.24. The lowest BCUT2D eigenvalue weighted by Crippen LogP contribution is -2.63. The summed E-state index contributed by atoms with van der Waals surface area (Å²) in [7, 11) is 3.76. The highest BCUT2D eigenvalue weighted by molar-refractivity contribution is 5.92. The van der Waals surface area contributed by atoms with Crippen molar-refractivity contribution in [3.8, 4) is 34.5 Å². The van der Waals surface area contributed by atoms with Crippen molar-refractivity contribution in [3.63, 3.8) is 0 Å². The number of esters is 2. The molecule has 0 aromatic heterocycles. The number of non-ortho nitro benzene ring substituents is 1. The van der Waals surface area contributed by atoms with Crippen LogP contribution in [0.25, 0.3) is 0 Å². The van der Waals surface area contributed by atoms with Gasteiger partial charge in [0, 0.05) is 31.0 Å². The van der Waals surface area contributed by atoms with Gasteiger partial charge in [-0.3, -0.25) is 19.8 Å². The number of aliphatic hydroxyl groups is 5. The van der Waals surface area contributed by atoms with Crippen molar-refractivity contribution < 1.29 is 106 Å². The molecule has 0 radical (unpaired) electrons. The van der Waals surface area contributed by atoms with Crippen LogP contribution < -0.4 is 33.3 Å². The van der Waals surface area contributed by atoms with E-state index in [0.717, 1.165) is 23.1 Å². The minimum atomic E-state index is -2.00. The standard InChI is InChI=1S/C50H52N2O23/c1-21-65-19-34-44(70-21)39(55)41(57)49(72-34)73-42-26-16-31-30(68-20-69-31)15-25(26)35(36-27(42)18-67-46(36)58)23-12-32(63-3)43(33(13-23)64-4)75-50(60)51(2)28-14-24(52(61)62)10-11-29(28)71-48-40(56)37(53)38(54)45(74-48)47(59)66-17-22-8-6-5-7-9-22/h5-16,21,27,34-42,44-45,48-49,53-57H,17-20H2,1-4H3/t21?,27-,34?,35+,36-,37?,38?,39+,40?,41?,42?,44-,45?,48?,49-/m0/s1. The van der Waals surface area contributed by atoms with Gasteiger partial charge in [0.05, 0.1) is 50.1 Å². The van der Waals surface area contributed by atoms with Crippen molar-refractivity contribution >= 4 is 29.4 Å². The Labute approximate surface area is 425 Å². The Balaban J connectivity index is 0.934. The van der Waals surface area contributed by atoms with Crippen LogP contribution in [0.15, 0.2) is 72.8 Å². The van der Waals surface area contributed by atoms with Crippen molar-refractivity contribution in [2.75, 3.05) is 46.2 Å². The summed E-state index contributed by atoms with van der Waals surface area (Å²) in [5.41, 5.74) is 1.22. The Bertz CT molecular complexity index is 2790. The molecule has 0 bridgehead atoms. The average molecular weight is 1050 g/mol.